The minimum Gasteiger partial charge on any atom is -0.353 e. The lowest BCUT2D eigenvalue weighted by molar-refractivity contribution is -0.209. The predicted octanol–water partition coefficient (Wildman–Crippen LogP) is 2.97. The van der Waals surface area contributed by atoms with Crippen molar-refractivity contribution >= 4 is 23.5 Å². The summed E-state index contributed by atoms with van der Waals surface area (Å²) in [5.41, 5.74) is 0. The highest BCUT2D eigenvalue weighted by atomic mass is 32.2. The van der Waals surface area contributed by atoms with Crippen LogP contribution in [0.4, 0.5) is 0 Å². The van der Waals surface area contributed by atoms with Crippen molar-refractivity contribution in [3.05, 3.63) is 0 Å². The van der Waals surface area contributed by atoms with Gasteiger partial charge in [0, 0.05) is 20.6 Å². The summed E-state index contributed by atoms with van der Waals surface area (Å²) in [7, 11) is 3.48. The molecule has 1 aliphatic heterocycles. The first-order valence-corrected chi connectivity index (χ1v) is 7.19. The molecule has 0 unspecified atom stereocenters. The van der Waals surface area contributed by atoms with Crippen molar-refractivity contribution in [2.45, 2.75) is 36.6 Å². The fourth-order valence-electron chi connectivity index (χ4n) is 1.59. The van der Waals surface area contributed by atoms with Gasteiger partial charge in [-0.1, -0.05) is 6.92 Å². The molecule has 0 aromatic carbocycles. The Hall–Kier alpha value is 0.620. The van der Waals surface area contributed by atoms with Gasteiger partial charge < -0.3 is 9.47 Å². The quantitative estimate of drug-likeness (QED) is 0.683. The lowest BCUT2D eigenvalue weighted by Gasteiger charge is -2.34. The van der Waals surface area contributed by atoms with Crippen LogP contribution in [0.2, 0.25) is 0 Å². The Morgan fingerprint density at radius 1 is 1.21 bits per heavy atom. The van der Waals surface area contributed by atoms with Gasteiger partial charge in [0.2, 0.25) is 0 Å². The van der Waals surface area contributed by atoms with Crippen LogP contribution in [0.1, 0.15) is 26.2 Å². The highest BCUT2D eigenvalue weighted by Gasteiger charge is 2.32. The van der Waals surface area contributed by atoms with Crippen molar-refractivity contribution in [2.75, 3.05) is 25.7 Å². The molecule has 0 saturated carbocycles. The van der Waals surface area contributed by atoms with Crippen LogP contribution in [-0.4, -0.2) is 36.1 Å². The van der Waals surface area contributed by atoms with Crippen LogP contribution in [0.25, 0.3) is 0 Å². The summed E-state index contributed by atoms with van der Waals surface area (Å²) >= 11 is 4.08. The first-order valence-electron chi connectivity index (χ1n) is 5.10. The Morgan fingerprint density at radius 3 is 2.21 bits per heavy atom. The van der Waals surface area contributed by atoms with Gasteiger partial charge in [0.1, 0.15) is 0 Å². The second-order valence-electron chi connectivity index (χ2n) is 3.40. The molecule has 1 rings (SSSR count). The third-order valence-corrected chi connectivity index (χ3v) is 5.60. The van der Waals surface area contributed by atoms with Crippen molar-refractivity contribution in [1.29, 1.82) is 0 Å². The standard InChI is InChI=1S/C10H20O2S2/c1-4-10(11-2,12-3)8-9-13-6-5-7-14-9/h9H,4-8H2,1-3H3. The maximum Gasteiger partial charge on any atom is 0.169 e. The first kappa shape index (κ1) is 12.7. The smallest absolute Gasteiger partial charge is 0.169 e. The van der Waals surface area contributed by atoms with Crippen LogP contribution in [0.15, 0.2) is 0 Å². The largest absolute Gasteiger partial charge is 0.353 e. The molecular formula is C10H20O2S2. The van der Waals surface area contributed by atoms with Gasteiger partial charge in [-0.3, -0.25) is 0 Å². The molecule has 14 heavy (non-hydrogen) atoms. The Kier molecular flexibility index (Phi) is 5.67. The van der Waals surface area contributed by atoms with Crippen LogP contribution < -0.4 is 0 Å². The van der Waals surface area contributed by atoms with Crippen LogP contribution in [-0.2, 0) is 9.47 Å². The third-order valence-electron chi connectivity index (χ3n) is 2.66. The van der Waals surface area contributed by atoms with Gasteiger partial charge in [-0.15, -0.1) is 23.5 Å². The number of methoxy groups -OCH3 is 2. The minimum absolute atomic E-state index is 0.359. The van der Waals surface area contributed by atoms with Crippen LogP contribution >= 0.6 is 23.5 Å². The van der Waals surface area contributed by atoms with E-state index < -0.39 is 0 Å². The molecule has 0 spiro atoms. The average Bonchev–Trinajstić information content (AvgIpc) is 2.28. The van der Waals surface area contributed by atoms with Crippen molar-refractivity contribution in [3.63, 3.8) is 0 Å². The lowest BCUT2D eigenvalue weighted by Crippen LogP contribution is -2.36. The molecule has 0 amide bonds. The summed E-state index contributed by atoms with van der Waals surface area (Å²) in [5, 5.41) is 0. The Morgan fingerprint density at radius 2 is 1.79 bits per heavy atom. The van der Waals surface area contributed by atoms with E-state index in [1.54, 1.807) is 14.2 Å². The van der Waals surface area contributed by atoms with Gasteiger partial charge in [0.05, 0.1) is 4.58 Å². The van der Waals surface area contributed by atoms with E-state index in [2.05, 4.69) is 6.92 Å². The number of thioether (sulfide) groups is 2. The van der Waals surface area contributed by atoms with E-state index in [1.165, 1.54) is 17.9 Å². The summed E-state index contributed by atoms with van der Waals surface area (Å²) in [6.45, 7) is 2.12. The number of ether oxygens (including phenoxy) is 2. The number of rotatable bonds is 5. The minimum atomic E-state index is -0.359. The summed E-state index contributed by atoms with van der Waals surface area (Å²) in [6, 6.07) is 0. The van der Waals surface area contributed by atoms with Gasteiger partial charge >= 0.3 is 0 Å². The van der Waals surface area contributed by atoms with E-state index in [0.717, 1.165) is 12.8 Å². The summed E-state index contributed by atoms with van der Waals surface area (Å²) < 4.78 is 11.6. The molecule has 1 saturated heterocycles. The van der Waals surface area contributed by atoms with Crippen molar-refractivity contribution in [3.8, 4) is 0 Å². The van der Waals surface area contributed by atoms with Crippen LogP contribution in [0.3, 0.4) is 0 Å². The molecule has 1 fully saturated rings. The second kappa shape index (κ2) is 6.26. The van der Waals surface area contributed by atoms with Gasteiger partial charge in [-0.2, -0.15) is 0 Å². The molecule has 1 aliphatic rings. The summed E-state index contributed by atoms with van der Waals surface area (Å²) in [5.74, 6) is 2.21. The maximum absolute atomic E-state index is 5.49. The van der Waals surface area contributed by atoms with Crippen LogP contribution in [0.5, 0.6) is 0 Å². The molecular weight excluding hydrogens is 216 g/mol. The fourth-order valence-corrected chi connectivity index (χ4v) is 4.63. The zero-order valence-corrected chi connectivity index (χ0v) is 10.9. The van der Waals surface area contributed by atoms with Gasteiger partial charge in [-0.25, -0.2) is 0 Å². The fraction of sp³-hybridized carbons (Fsp3) is 1.00. The van der Waals surface area contributed by atoms with E-state index >= 15 is 0 Å². The topological polar surface area (TPSA) is 18.5 Å². The van der Waals surface area contributed by atoms with E-state index in [-0.39, 0.29) is 5.79 Å². The zero-order chi connectivity index (χ0) is 10.4. The molecule has 0 bridgehead atoms. The molecule has 0 aliphatic carbocycles. The van der Waals surface area contributed by atoms with E-state index in [1.807, 2.05) is 23.5 Å². The maximum atomic E-state index is 5.49. The highest BCUT2D eigenvalue weighted by Crippen LogP contribution is 2.38. The predicted molar refractivity (Wildman–Crippen MR) is 65.0 cm³/mol. The summed E-state index contributed by atoms with van der Waals surface area (Å²) in [6.07, 6.45) is 3.24. The van der Waals surface area contributed by atoms with E-state index in [0.29, 0.717) is 4.58 Å². The van der Waals surface area contributed by atoms with Crippen LogP contribution in [0, 0.1) is 0 Å². The number of hydrogen-bond donors (Lipinski definition) is 0. The molecule has 1 heterocycles. The van der Waals surface area contributed by atoms with Crippen molar-refractivity contribution in [1.82, 2.24) is 0 Å². The zero-order valence-electron chi connectivity index (χ0n) is 9.25. The molecule has 0 atom stereocenters. The Bertz CT molecular complexity index is 146. The second-order valence-corrected chi connectivity index (χ2v) is 6.32. The number of hydrogen-bond acceptors (Lipinski definition) is 4. The monoisotopic (exact) mass is 236 g/mol. The third kappa shape index (κ3) is 3.33. The Balaban J connectivity index is 2.44. The van der Waals surface area contributed by atoms with E-state index in [9.17, 15) is 0 Å². The molecule has 4 heteroatoms. The lowest BCUT2D eigenvalue weighted by atomic mass is 10.1. The highest BCUT2D eigenvalue weighted by molar-refractivity contribution is 8.17. The van der Waals surface area contributed by atoms with Crippen molar-refractivity contribution < 1.29 is 9.47 Å². The average molecular weight is 236 g/mol. The molecule has 0 radical (unpaired) electrons. The van der Waals surface area contributed by atoms with Crippen molar-refractivity contribution in [2.24, 2.45) is 0 Å². The Labute approximate surface area is 95.5 Å². The molecule has 0 aromatic heterocycles. The normalized spacial score (nSPS) is 19.9. The van der Waals surface area contributed by atoms with Gasteiger partial charge in [-0.05, 0) is 24.3 Å². The van der Waals surface area contributed by atoms with Gasteiger partial charge in [0.25, 0.3) is 0 Å². The SMILES string of the molecule is CCC(CC1SCCCS1)(OC)OC. The molecule has 0 N–H and O–H groups in total. The molecule has 84 valence electrons. The molecule has 0 aromatic rings. The summed E-state index contributed by atoms with van der Waals surface area (Å²) in [4.78, 5) is 0. The molecule has 2 nitrogen and oxygen atoms in total. The van der Waals surface area contributed by atoms with Gasteiger partial charge in [0.15, 0.2) is 5.79 Å². The van der Waals surface area contributed by atoms with E-state index in [4.69, 9.17) is 9.47 Å². The first-order chi connectivity index (χ1) is 6.76.